The molecule has 4 aromatic rings. The number of aryl methyl sites for hydroxylation is 2. The molecular formula is C21H21N5. The van der Waals surface area contributed by atoms with E-state index >= 15 is 0 Å². The van der Waals surface area contributed by atoms with Gasteiger partial charge in [0.05, 0.1) is 28.2 Å². The van der Waals surface area contributed by atoms with Crippen LogP contribution in [0.2, 0.25) is 0 Å². The zero-order chi connectivity index (χ0) is 18.5. The molecule has 0 amide bonds. The summed E-state index contributed by atoms with van der Waals surface area (Å²) in [6.45, 7) is 6.25. The van der Waals surface area contributed by atoms with E-state index in [1.165, 1.54) is 11.1 Å². The molecule has 130 valence electrons. The fourth-order valence-corrected chi connectivity index (χ4v) is 3.82. The molecule has 2 aromatic carbocycles. The number of nitrogens with one attached hydrogen (secondary N) is 2. The van der Waals surface area contributed by atoms with E-state index in [0.717, 1.165) is 33.9 Å². The van der Waals surface area contributed by atoms with Crippen molar-refractivity contribution in [1.29, 1.82) is 5.26 Å². The Morgan fingerprint density at radius 2 is 2.08 bits per heavy atom. The summed E-state index contributed by atoms with van der Waals surface area (Å²) >= 11 is 0. The van der Waals surface area contributed by atoms with Crippen LogP contribution >= 0.6 is 0 Å². The van der Waals surface area contributed by atoms with Crippen molar-refractivity contribution in [2.75, 3.05) is 0 Å². The van der Waals surface area contributed by atoms with E-state index in [0.29, 0.717) is 11.4 Å². The number of fused-ring (bicyclic) bond motifs is 2. The van der Waals surface area contributed by atoms with Gasteiger partial charge >= 0.3 is 0 Å². The van der Waals surface area contributed by atoms with Crippen LogP contribution in [0.3, 0.4) is 0 Å². The van der Waals surface area contributed by atoms with E-state index in [2.05, 4.69) is 42.0 Å². The summed E-state index contributed by atoms with van der Waals surface area (Å²) in [5.41, 5.74) is 12.9. The second-order valence-corrected chi connectivity index (χ2v) is 6.98. The molecule has 0 aliphatic carbocycles. The molecule has 0 radical (unpaired) electrons. The quantitative estimate of drug-likeness (QED) is 0.524. The summed E-state index contributed by atoms with van der Waals surface area (Å²) in [4.78, 5) is 11.4. The maximum atomic E-state index is 9.12. The Hall–Kier alpha value is -3.10. The van der Waals surface area contributed by atoms with Crippen molar-refractivity contribution in [3.8, 4) is 6.07 Å². The lowest BCUT2D eigenvalue weighted by atomic mass is 9.84. The fraction of sp³-hybridized carbons (Fsp3) is 0.238. The first-order chi connectivity index (χ1) is 12.5. The van der Waals surface area contributed by atoms with Crippen LogP contribution in [-0.4, -0.2) is 15.0 Å². The highest BCUT2D eigenvalue weighted by Crippen LogP contribution is 2.36. The molecule has 2 heterocycles. The van der Waals surface area contributed by atoms with E-state index in [9.17, 15) is 0 Å². The molecule has 4 N–H and O–H groups in total. The first-order valence-electron chi connectivity index (χ1n) is 8.75. The number of rotatable bonds is 3. The predicted molar refractivity (Wildman–Crippen MR) is 104 cm³/mol. The van der Waals surface area contributed by atoms with Gasteiger partial charge in [0, 0.05) is 17.1 Å². The van der Waals surface area contributed by atoms with Crippen LogP contribution in [0.4, 0.5) is 0 Å². The maximum Gasteiger partial charge on any atom is 0.131 e. The number of imidazole rings is 1. The summed E-state index contributed by atoms with van der Waals surface area (Å²) in [5, 5.41) is 10.2. The summed E-state index contributed by atoms with van der Waals surface area (Å²) in [7, 11) is 0. The molecule has 5 nitrogen and oxygen atoms in total. The molecule has 1 atom stereocenters. The summed E-state index contributed by atoms with van der Waals surface area (Å²) in [6.07, 6.45) is 2.84. The fourth-order valence-electron chi connectivity index (χ4n) is 3.82. The van der Waals surface area contributed by atoms with Gasteiger partial charge < -0.3 is 15.7 Å². The Morgan fingerprint density at radius 3 is 2.81 bits per heavy atom. The highest BCUT2D eigenvalue weighted by atomic mass is 15.0. The number of nitrogens with two attached hydrogens (primary N) is 1. The Morgan fingerprint density at radius 1 is 1.27 bits per heavy atom. The SMILES string of the molecule is CCc1cc(C)c2[nH]ccc2c1C(C)(N)c1nc2ccc(C#N)cc2[nH]1. The molecule has 0 aliphatic heterocycles. The van der Waals surface area contributed by atoms with Gasteiger partial charge in [-0.3, -0.25) is 0 Å². The zero-order valence-corrected chi connectivity index (χ0v) is 15.1. The molecule has 4 rings (SSSR count). The van der Waals surface area contributed by atoms with Gasteiger partial charge in [-0.1, -0.05) is 13.0 Å². The van der Waals surface area contributed by atoms with Crippen molar-refractivity contribution in [1.82, 2.24) is 15.0 Å². The van der Waals surface area contributed by atoms with Crippen LogP contribution in [0.5, 0.6) is 0 Å². The number of aromatic amines is 2. The van der Waals surface area contributed by atoms with E-state index in [4.69, 9.17) is 16.0 Å². The van der Waals surface area contributed by atoms with Gasteiger partial charge in [0.25, 0.3) is 0 Å². The molecule has 0 saturated heterocycles. The topological polar surface area (TPSA) is 94.3 Å². The van der Waals surface area contributed by atoms with Crippen LogP contribution in [0.25, 0.3) is 21.9 Å². The number of nitriles is 1. The molecule has 0 aliphatic rings. The van der Waals surface area contributed by atoms with E-state index in [1.807, 2.05) is 25.3 Å². The van der Waals surface area contributed by atoms with Gasteiger partial charge in [-0.15, -0.1) is 0 Å². The number of H-pyrrole nitrogens is 2. The van der Waals surface area contributed by atoms with E-state index in [1.54, 1.807) is 6.07 Å². The van der Waals surface area contributed by atoms with Crippen LogP contribution in [0, 0.1) is 18.3 Å². The number of aromatic nitrogens is 3. The standard InChI is InChI=1S/C21H21N5/c1-4-14-9-12(2)19-15(7-8-24-19)18(14)21(3,23)20-25-16-6-5-13(11-22)10-17(16)26-20/h5-10,24H,4,23H2,1-3H3,(H,25,26). The van der Waals surface area contributed by atoms with E-state index in [-0.39, 0.29) is 0 Å². The average molecular weight is 343 g/mol. The van der Waals surface area contributed by atoms with Crippen molar-refractivity contribution in [2.24, 2.45) is 5.73 Å². The van der Waals surface area contributed by atoms with Gasteiger partial charge in [0.1, 0.15) is 5.82 Å². The molecule has 5 heteroatoms. The Labute approximate surface area is 151 Å². The van der Waals surface area contributed by atoms with Gasteiger partial charge in [-0.2, -0.15) is 5.26 Å². The van der Waals surface area contributed by atoms with Crippen LogP contribution in [-0.2, 0) is 12.0 Å². The number of nitrogens with zero attached hydrogens (tertiary/aromatic N) is 2. The Bertz CT molecular complexity index is 1170. The highest BCUT2D eigenvalue weighted by Gasteiger charge is 2.32. The van der Waals surface area contributed by atoms with Gasteiger partial charge in [0.2, 0.25) is 0 Å². The minimum absolute atomic E-state index is 0.601. The second kappa shape index (κ2) is 5.72. The molecule has 0 spiro atoms. The van der Waals surface area contributed by atoms with Crippen molar-refractivity contribution in [3.63, 3.8) is 0 Å². The van der Waals surface area contributed by atoms with E-state index < -0.39 is 5.54 Å². The molecule has 2 aromatic heterocycles. The molecule has 0 fully saturated rings. The van der Waals surface area contributed by atoms with Crippen molar-refractivity contribution in [3.05, 3.63) is 64.6 Å². The van der Waals surface area contributed by atoms with Crippen molar-refractivity contribution in [2.45, 2.75) is 32.7 Å². The smallest absolute Gasteiger partial charge is 0.131 e. The normalized spacial score (nSPS) is 13.8. The number of benzene rings is 2. The molecule has 0 bridgehead atoms. The second-order valence-electron chi connectivity index (χ2n) is 6.98. The summed E-state index contributed by atoms with van der Waals surface area (Å²) in [5.74, 6) is 0.698. The monoisotopic (exact) mass is 343 g/mol. The first kappa shape index (κ1) is 16.4. The number of hydrogen-bond acceptors (Lipinski definition) is 3. The largest absolute Gasteiger partial charge is 0.361 e. The first-order valence-corrected chi connectivity index (χ1v) is 8.75. The summed E-state index contributed by atoms with van der Waals surface area (Å²) < 4.78 is 0. The zero-order valence-electron chi connectivity index (χ0n) is 15.1. The van der Waals surface area contributed by atoms with Crippen molar-refractivity contribution >= 4 is 21.9 Å². The molecule has 26 heavy (non-hydrogen) atoms. The van der Waals surface area contributed by atoms with Crippen LogP contribution in [0.15, 0.2) is 36.5 Å². The maximum absolute atomic E-state index is 9.12. The lowest BCUT2D eigenvalue weighted by Crippen LogP contribution is -2.37. The Kier molecular flexibility index (Phi) is 3.60. The molecule has 0 saturated carbocycles. The molecular weight excluding hydrogens is 322 g/mol. The summed E-state index contributed by atoms with van der Waals surface area (Å²) in [6, 6.07) is 11.9. The molecule has 1 unspecified atom stereocenters. The van der Waals surface area contributed by atoms with Gasteiger partial charge in [-0.05, 0) is 61.2 Å². The van der Waals surface area contributed by atoms with Gasteiger partial charge in [-0.25, -0.2) is 4.98 Å². The van der Waals surface area contributed by atoms with Crippen molar-refractivity contribution < 1.29 is 0 Å². The lowest BCUT2D eigenvalue weighted by Gasteiger charge is -2.27. The minimum atomic E-state index is -0.786. The van der Waals surface area contributed by atoms with Crippen LogP contribution < -0.4 is 5.73 Å². The average Bonchev–Trinajstić information content (AvgIpc) is 3.27. The number of hydrogen-bond donors (Lipinski definition) is 3. The third-order valence-electron chi connectivity index (χ3n) is 5.13. The highest BCUT2D eigenvalue weighted by molar-refractivity contribution is 5.88. The predicted octanol–water partition coefficient (Wildman–Crippen LogP) is 4.01. The third-order valence-corrected chi connectivity index (χ3v) is 5.13. The Balaban J connectivity index is 1.97. The van der Waals surface area contributed by atoms with Gasteiger partial charge in [0.15, 0.2) is 0 Å². The minimum Gasteiger partial charge on any atom is -0.361 e. The lowest BCUT2D eigenvalue weighted by molar-refractivity contribution is 0.566. The third kappa shape index (κ3) is 2.31. The van der Waals surface area contributed by atoms with Crippen LogP contribution in [0.1, 0.15) is 41.9 Å².